The average Bonchev–Trinajstić information content (AvgIpc) is 3.92. The fourth-order valence-electron chi connectivity index (χ4n) is 12.9. The first kappa shape index (κ1) is 45.4. The summed E-state index contributed by atoms with van der Waals surface area (Å²) in [6, 6.07) is 42.6. The van der Waals surface area contributed by atoms with Crippen molar-refractivity contribution in [3.05, 3.63) is 202 Å². The van der Waals surface area contributed by atoms with Gasteiger partial charge in [0.1, 0.15) is 11.6 Å². The quantitative estimate of drug-likeness (QED) is 0.156. The molecule has 2 heterocycles. The molecule has 0 spiro atoms. The number of fused-ring (bicyclic) bond motifs is 8. The predicted molar refractivity (Wildman–Crippen MR) is 276 cm³/mol. The lowest BCUT2D eigenvalue weighted by molar-refractivity contribution is -0.119. The van der Waals surface area contributed by atoms with Crippen molar-refractivity contribution >= 4 is 45.5 Å². The van der Waals surface area contributed by atoms with Crippen molar-refractivity contribution in [1.29, 1.82) is 0 Å². The Hall–Kier alpha value is -7.06. The van der Waals surface area contributed by atoms with Crippen LogP contribution in [0.2, 0.25) is 0 Å². The number of hydrogen-bond acceptors (Lipinski definition) is 4. The highest BCUT2D eigenvalue weighted by Crippen LogP contribution is 2.54. The van der Waals surface area contributed by atoms with Crippen molar-refractivity contribution < 1.29 is 18.4 Å². The van der Waals surface area contributed by atoms with Crippen LogP contribution in [0.3, 0.4) is 0 Å². The minimum Gasteiger partial charge on any atom is -0.295 e. The molecule has 0 bridgehead atoms. The number of carbonyl (C=O) groups is 2. The predicted octanol–water partition coefficient (Wildman–Crippen LogP) is 14.4. The van der Waals surface area contributed by atoms with Crippen LogP contribution >= 0.6 is 0 Å². The third kappa shape index (κ3) is 8.25. The lowest BCUT2D eigenvalue weighted by Crippen LogP contribution is -2.41. The SMILES string of the molecule is CC[C@@]12C/C(=C\c3ccccc3)C(=O)C[C@H]1CCCc1cc3c(cnn3-c3ccc(F)cc3)cc12.CC[C@]12C/C(=C\c3ccccc3)C(=O)C[C@@H]1CCCc1cc3c(cnn3-c3ccc(F)cc3)cc12. The molecule has 352 valence electrons. The van der Waals surface area contributed by atoms with Crippen molar-refractivity contribution in [3.63, 3.8) is 0 Å². The zero-order chi connectivity index (χ0) is 48.0. The number of carbonyl (C=O) groups excluding carboxylic acids is 2. The molecule has 8 aromatic rings. The standard InChI is InChI=1S/2C31H29FN2O/c2*1-2-31-19-23(15-21-7-4-3-5-8-21)30(35)18-25(31)10-6-9-22-17-29-24(16-28(22)31)20-33-34(29)27-13-11-26(32)12-14-27/h2*3-5,7-8,11-17,20,25H,2,6,9-10,18-19H2,1H3/b2*23-15+/t2*25-,31-/m10/s1. The van der Waals surface area contributed by atoms with Crippen LogP contribution in [0.15, 0.2) is 157 Å². The summed E-state index contributed by atoms with van der Waals surface area (Å²) in [6.45, 7) is 4.56. The molecule has 4 aliphatic carbocycles. The highest BCUT2D eigenvalue weighted by Gasteiger charge is 2.48. The maximum atomic E-state index is 13.5. The van der Waals surface area contributed by atoms with E-state index in [0.29, 0.717) is 36.2 Å². The first-order valence-electron chi connectivity index (χ1n) is 25.3. The van der Waals surface area contributed by atoms with Gasteiger partial charge in [0.25, 0.3) is 0 Å². The zero-order valence-corrected chi connectivity index (χ0v) is 40.0. The van der Waals surface area contributed by atoms with E-state index in [2.05, 4.69) is 84.7 Å². The Morgan fingerprint density at radius 2 is 0.957 bits per heavy atom. The molecule has 2 saturated carbocycles. The van der Waals surface area contributed by atoms with E-state index in [1.807, 2.05) is 58.2 Å². The molecule has 8 heteroatoms. The molecule has 12 rings (SSSR count). The summed E-state index contributed by atoms with van der Waals surface area (Å²) < 4.78 is 30.8. The van der Waals surface area contributed by atoms with Gasteiger partial charge in [-0.1, -0.05) is 74.5 Å². The largest absolute Gasteiger partial charge is 0.295 e. The van der Waals surface area contributed by atoms with Crippen molar-refractivity contribution in [1.82, 2.24) is 19.6 Å². The topological polar surface area (TPSA) is 69.8 Å². The molecule has 70 heavy (non-hydrogen) atoms. The van der Waals surface area contributed by atoms with Crippen molar-refractivity contribution in [2.75, 3.05) is 0 Å². The summed E-state index contributed by atoms with van der Waals surface area (Å²) in [6.07, 6.45) is 19.2. The van der Waals surface area contributed by atoms with E-state index in [4.69, 9.17) is 0 Å². The molecule has 6 nitrogen and oxygen atoms in total. The summed E-state index contributed by atoms with van der Waals surface area (Å²) >= 11 is 0. The number of halogens is 2. The van der Waals surface area contributed by atoms with Crippen LogP contribution in [0.4, 0.5) is 8.78 Å². The highest BCUT2D eigenvalue weighted by atomic mass is 19.1. The molecule has 0 unspecified atom stereocenters. The normalized spacial score (nSPS) is 23.2. The highest BCUT2D eigenvalue weighted by molar-refractivity contribution is 6.02. The van der Waals surface area contributed by atoms with Gasteiger partial charge in [-0.3, -0.25) is 9.59 Å². The van der Waals surface area contributed by atoms with E-state index in [9.17, 15) is 18.4 Å². The summed E-state index contributed by atoms with van der Waals surface area (Å²) in [5, 5.41) is 11.5. The summed E-state index contributed by atoms with van der Waals surface area (Å²) in [5.41, 5.74) is 13.3. The average molecular weight is 929 g/mol. The number of aromatic nitrogens is 4. The number of ketones is 2. The zero-order valence-electron chi connectivity index (χ0n) is 40.0. The van der Waals surface area contributed by atoms with Crippen LogP contribution in [-0.2, 0) is 33.3 Å². The van der Waals surface area contributed by atoms with Crippen LogP contribution in [0.1, 0.15) is 111 Å². The van der Waals surface area contributed by atoms with Crippen LogP contribution in [0, 0.1) is 23.5 Å². The Morgan fingerprint density at radius 3 is 1.34 bits per heavy atom. The molecule has 6 aromatic carbocycles. The molecule has 4 aliphatic rings. The fourth-order valence-corrected chi connectivity index (χ4v) is 12.9. The van der Waals surface area contributed by atoms with Crippen molar-refractivity contribution in [2.24, 2.45) is 11.8 Å². The molecule has 4 atom stereocenters. The molecular weight excluding hydrogens is 871 g/mol. The Morgan fingerprint density at radius 1 is 0.557 bits per heavy atom. The maximum Gasteiger partial charge on any atom is 0.159 e. The molecule has 0 saturated heterocycles. The van der Waals surface area contributed by atoms with Crippen LogP contribution in [0.5, 0.6) is 0 Å². The van der Waals surface area contributed by atoms with Gasteiger partial charge in [-0.2, -0.15) is 10.2 Å². The number of benzene rings is 6. The van der Waals surface area contributed by atoms with Gasteiger partial charge in [0.15, 0.2) is 11.6 Å². The van der Waals surface area contributed by atoms with Crippen LogP contribution in [-0.4, -0.2) is 31.1 Å². The lowest BCUT2D eigenvalue weighted by atomic mass is 9.58. The van der Waals surface area contributed by atoms with Gasteiger partial charge in [-0.25, -0.2) is 18.1 Å². The van der Waals surface area contributed by atoms with E-state index in [1.54, 1.807) is 24.3 Å². The number of Topliss-reactive ketones (excluding diaryl/α,β-unsaturated/α-hetero) is 2. The number of nitrogens with zero attached hydrogens (tertiary/aromatic N) is 4. The third-order valence-corrected chi connectivity index (χ3v) is 16.5. The molecule has 2 fully saturated rings. The monoisotopic (exact) mass is 928 g/mol. The number of allylic oxidation sites excluding steroid dienone is 2. The lowest BCUT2D eigenvalue weighted by Gasteiger charge is -2.44. The van der Waals surface area contributed by atoms with E-state index in [0.717, 1.165) is 120 Å². The number of aryl methyl sites for hydroxylation is 2. The minimum absolute atomic E-state index is 0.0491. The second-order valence-corrected chi connectivity index (χ2v) is 20.2. The van der Waals surface area contributed by atoms with Gasteiger partial charge in [0, 0.05) is 34.4 Å². The minimum atomic E-state index is -0.249. The molecule has 0 radical (unpaired) electrons. The third-order valence-electron chi connectivity index (χ3n) is 16.5. The Kier molecular flexibility index (Phi) is 12.1. The van der Waals surface area contributed by atoms with E-state index >= 15 is 0 Å². The van der Waals surface area contributed by atoms with E-state index in [1.165, 1.54) is 46.5 Å². The summed E-state index contributed by atoms with van der Waals surface area (Å²) in [7, 11) is 0. The Balaban J connectivity index is 0.000000152. The van der Waals surface area contributed by atoms with E-state index < -0.39 is 0 Å². The fraction of sp³-hybridized carbons (Fsp3) is 0.290. The Labute approximate surface area is 408 Å². The molecule has 0 aliphatic heterocycles. The second kappa shape index (κ2) is 18.7. The van der Waals surface area contributed by atoms with Crippen molar-refractivity contribution in [2.45, 2.75) is 102 Å². The van der Waals surface area contributed by atoms with Crippen LogP contribution < -0.4 is 0 Å². The van der Waals surface area contributed by atoms with Gasteiger partial charge in [-0.15, -0.1) is 0 Å². The second-order valence-electron chi connectivity index (χ2n) is 20.2. The first-order valence-corrected chi connectivity index (χ1v) is 25.3. The summed E-state index contributed by atoms with van der Waals surface area (Å²) in [5.74, 6) is 0.827. The molecular formula is C62H58F2N4O2. The molecule has 0 amide bonds. The molecule has 2 aromatic heterocycles. The van der Waals surface area contributed by atoms with E-state index in [-0.39, 0.29) is 22.5 Å². The van der Waals surface area contributed by atoms with Gasteiger partial charge >= 0.3 is 0 Å². The first-order chi connectivity index (χ1) is 34.1. The number of hydrogen-bond donors (Lipinski definition) is 0. The van der Waals surface area contributed by atoms with Crippen molar-refractivity contribution in [3.8, 4) is 11.4 Å². The van der Waals surface area contributed by atoms with Gasteiger partial charge < -0.3 is 0 Å². The molecule has 0 N–H and O–H groups in total. The number of rotatable bonds is 6. The van der Waals surface area contributed by atoms with Gasteiger partial charge in [-0.05, 0) is 206 Å². The van der Waals surface area contributed by atoms with Crippen LogP contribution in [0.25, 0.3) is 45.3 Å². The van der Waals surface area contributed by atoms with Gasteiger partial charge in [0.2, 0.25) is 0 Å². The smallest absolute Gasteiger partial charge is 0.159 e. The Bertz CT molecular complexity index is 3090. The summed E-state index contributed by atoms with van der Waals surface area (Å²) in [4.78, 5) is 26.4. The maximum absolute atomic E-state index is 13.5. The van der Waals surface area contributed by atoms with Gasteiger partial charge in [0.05, 0.1) is 34.8 Å².